The van der Waals surface area contributed by atoms with Gasteiger partial charge in [0, 0.05) is 18.5 Å². The monoisotopic (exact) mass is 222 g/mol. The Labute approximate surface area is 101 Å². The molecule has 3 rings (SSSR count). The van der Waals surface area contributed by atoms with Crippen LogP contribution in [-0.4, -0.2) is 5.66 Å². The second-order valence-corrected chi connectivity index (χ2v) is 4.68. The van der Waals surface area contributed by atoms with E-state index in [1.165, 1.54) is 10.8 Å². The third-order valence-corrected chi connectivity index (χ3v) is 3.52. The third-order valence-electron chi connectivity index (χ3n) is 3.52. The van der Waals surface area contributed by atoms with Crippen LogP contribution in [0.4, 0.5) is 5.69 Å². The van der Waals surface area contributed by atoms with Crippen molar-refractivity contribution in [3.05, 3.63) is 53.9 Å². The summed E-state index contributed by atoms with van der Waals surface area (Å²) in [5, 5.41) is 5.84. The molecule has 0 bridgehead atoms. The third kappa shape index (κ3) is 1.74. The summed E-state index contributed by atoms with van der Waals surface area (Å²) in [6.07, 6.45) is 3.08. The van der Waals surface area contributed by atoms with Crippen molar-refractivity contribution in [2.24, 2.45) is 0 Å². The zero-order valence-corrected chi connectivity index (χ0v) is 9.61. The van der Waals surface area contributed by atoms with Gasteiger partial charge in [-0.2, -0.15) is 0 Å². The lowest BCUT2D eigenvalue weighted by atomic mass is 9.85. The van der Waals surface area contributed by atoms with E-state index in [1.54, 1.807) is 0 Å². The molecular weight excluding hydrogens is 208 g/mol. The zero-order valence-electron chi connectivity index (χ0n) is 9.61. The van der Waals surface area contributed by atoms with Crippen molar-refractivity contribution >= 4 is 16.5 Å². The molecule has 0 heterocycles. The molecule has 0 amide bonds. The molecule has 84 valence electrons. The van der Waals surface area contributed by atoms with E-state index in [0.29, 0.717) is 0 Å². The minimum absolute atomic E-state index is 0.331. The number of fused-ring (bicyclic) bond motifs is 1. The van der Waals surface area contributed by atoms with E-state index in [2.05, 4.69) is 40.5 Å². The van der Waals surface area contributed by atoms with Crippen LogP contribution < -0.4 is 5.32 Å². The minimum Gasteiger partial charge on any atom is -0.314 e. The molecule has 1 N–H and O–H groups in total. The number of hydrogen-bond donors (Lipinski definition) is 1. The molecule has 0 aliphatic heterocycles. The van der Waals surface area contributed by atoms with Crippen LogP contribution in [0.3, 0.4) is 0 Å². The molecule has 2 nitrogen and oxygen atoms in total. The maximum atomic E-state index is 7.28. The predicted molar refractivity (Wildman–Crippen MR) is 70.8 cm³/mol. The van der Waals surface area contributed by atoms with Crippen molar-refractivity contribution < 1.29 is 0 Å². The van der Waals surface area contributed by atoms with E-state index >= 15 is 0 Å². The molecule has 2 aromatic rings. The Kier molecular flexibility index (Phi) is 2.26. The standard InChI is InChI=1S/C15H14N2/c1-16-15(9-4-10-15)17-14-8-7-12-5-2-3-6-13(12)11-14/h2-3,5-8,11,17H,4,9-10H2. The van der Waals surface area contributed by atoms with Gasteiger partial charge in [0.05, 0.1) is 0 Å². The SMILES string of the molecule is [C-]#[N+]C1(Nc2ccc3ccccc3c2)CCC1. The van der Waals surface area contributed by atoms with Gasteiger partial charge in [0.25, 0.3) is 0 Å². The molecule has 1 aliphatic carbocycles. The van der Waals surface area contributed by atoms with Gasteiger partial charge in [0.1, 0.15) is 0 Å². The van der Waals surface area contributed by atoms with Gasteiger partial charge in [0.15, 0.2) is 0 Å². The van der Waals surface area contributed by atoms with Crippen LogP contribution in [0.25, 0.3) is 15.6 Å². The topological polar surface area (TPSA) is 16.4 Å². The van der Waals surface area contributed by atoms with E-state index in [9.17, 15) is 0 Å². The maximum absolute atomic E-state index is 7.28. The second kappa shape index (κ2) is 3.78. The smallest absolute Gasteiger partial charge is 0.305 e. The highest BCUT2D eigenvalue weighted by molar-refractivity contribution is 5.85. The molecule has 1 saturated carbocycles. The van der Waals surface area contributed by atoms with E-state index in [4.69, 9.17) is 6.57 Å². The number of benzene rings is 2. The fourth-order valence-corrected chi connectivity index (χ4v) is 2.31. The molecule has 0 radical (unpaired) electrons. The quantitative estimate of drug-likeness (QED) is 0.758. The molecule has 1 fully saturated rings. The first kappa shape index (κ1) is 10.2. The Morgan fingerprint density at radius 1 is 1.06 bits per heavy atom. The predicted octanol–water partition coefficient (Wildman–Crippen LogP) is 4.05. The average Bonchev–Trinajstić information content (AvgIpc) is 2.34. The van der Waals surface area contributed by atoms with Crippen molar-refractivity contribution in [1.29, 1.82) is 0 Å². The number of rotatable bonds is 2. The molecule has 0 atom stereocenters. The molecule has 0 aromatic heterocycles. The fraction of sp³-hybridized carbons (Fsp3) is 0.267. The van der Waals surface area contributed by atoms with E-state index < -0.39 is 0 Å². The summed E-state index contributed by atoms with van der Waals surface area (Å²) >= 11 is 0. The first-order valence-corrected chi connectivity index (χ1v) is 5.97. The number of anilines is 1. The van der Waals surface area contributed by atoms with E-state index in [0.717, 1.165) is 24.9 Å². The molecule has 1 aliphatic rings. The van der Waals surface area contributed by atoms with E-state index in [1.807, 2.05) is 12.1 Å². The fourth-order valence-electron chi connectivity index (χ4n) is 2.31. The molecule has 0 saturated heterocycles. The lowest BCUT2D eigenvalue weighted by Crippen LogP contribution is -2.41. The maximum Gasteiger partial charge on any atom is 0.305 e. The highest BCUT2D eigenvalue weighted by Gasteiger charge is 2.43. The van der Waals surface area contributed by atoms with Crippen LogP contribution in [0.5, 0.6) is 0 Å². The summed E-state index contributed by atoms with van der Waals surface area (Å²) in [7, 11) is 0. The first-order valence-electron chi connectivity index (χ1n) is 5.97. The minimum atomic E-state index is -0.331. The second-order valence-electron chi connectivity index (χ2n) is 4.68. The Hall–Kier alpha value is -2.01. The van der Waals surface area contributed by atoms with Gasteiger partial charge >= 0.3 is 5.66 Å². The Bertz CT molecular complexity index is 591. The number of nitrogens with zero attached hydrogens (tertiary/aromatic N) is 1. The molecular formula is C15H14N2. The average molecular weight is 222 g/mol. The van der Waals surface area contributed by atoms with Crippen LogP contribution >= 0.6 is 0 Å². The first-order chi connectivity index (χ1) is 8.31. The van der Waals surface area contributed by atoms with Crippen molar-refractivity contribution in [1.82, 2.24) is 0 Å². The lowest BCUT2D eigenvalue weighted by molar-refractivity contribution is 0.343. The van der Waals surface area contributed by atoms with Crippen LogP contribution in [0, 0.1) is 6.57 Å². The summed E-state index contributed by atoms with van der Waals surface area (Å²) < 4.78 is 0. The summed E-state index contributed by atoms with van der Waals surface area (Å²) in [6.45, 7) is 7.28. The molecule has 0 spiro atoms. The van der Waals surface area contributed by atoms with E-state index in [-0.39, 0.29) is 5.66 Å². The Morgan fingerprint density at radius 2 is 1.82 bits per heavy atom. The van der Waals surface area contributed by atoms with Gasteiger partial charge in [-0.05, 0) is 29.3 Å². The van der Waals surface area contributed by atoms with Crippen molar-refractivity contribution in [2.45, 2.75) is 24.9 Å². The van der Waals surface area contributed by atoms with Crippen molar-refractivity contribution in [2.75, 3.05) is 5.32 Å². The van der Waals surface area contributed by atoms with Crippen LogP contribution in [-0.2, 0) is 0 Å². The van der Waals surface area contributed by atoms with Gasteiger partial charge in [-0.3, -0.25) is 4.85 Å². The summed E-state index contributed by atoms with van der Waals surface area (Å²) in [5.41, 5.74) is 0.724. The van der Waals surface area contributed by atoms with Crippen molar-refractivity contribution in [3.8, 4) is 0 Å². The Balaban J connectivity index is 1.94. The van der Waals surface area contributed by atoms with Crippen molar-refractivity contribution in [3.63, 3.8) is 0 Å². The molecule has 17 heavy (non-hydrogen) atoms. The summed E-state index contributed by atoms with van der Waals surface area (Å²) in [6, 6.07) is 14.6. The summed E-state index contributed by atoms with van der Waals surface area (Å²) in [4.78, 5) is 3.74. The van der Waals surface area contributed by atoms with Gasteiger partial charge in [-0.1, -0.05) is 30.3 Å². The molecule has 2 heteroatoms. The highest BCUT2D eigenvalue weighted by Crippen LogP contribution is 2.37. The highest BCUT2D eigenvalue weighted by atomic mass is 15.1. The van der Waals surface area contributed by atoms with Crippen LogP contribution in [0.1, 0.15) is 19.3 Å². The Morgan fingerprint density at radius 3 is 2.47 bits per heavy atom. The molecule has 0 unspecified atom stereocenters. The van der Waals surface area contributed by atoms with Gasteiger partial charge in [-0.25, -0.2) is 6.57 Å². The van der Waals surface area contributed by atoms with Crippen LogP contribution in [0.2, 0.25) is 0 Å². The van der Waals surface area contributed by atoms with Crippen LogP contribution in [0.15, 0.2) is 42.5 Å². The number of nitrogens with one attached hydrogen (secondary N) is 1. The molecule has 2 aromatic carbocycles. The zero-order chi connectivity index (χ0) is 11.7. The summed E-state index contributed by atoms with van der Waals surface area (Å²) in [5.74, 6) is 0. The van der Waals surface area contributed by atoms with Gasteiger partial charge in [0.2, 0.25) is 0 Å². The number of hydrogen-bond acceptors (Lipinski definition) is 1. The normalized spacial score (nSPS) is 17.1. The largest absolute Gasteiger partial charge is 0.314 e. The van der Waals surface area contributed by atoms with Gasteiger partial charge < -0.3 is 5.32 Å². The lowest BCUT2D eigenvalue weighted by Gasteiger charge is -2.31. The van der Waals surface area contributed by atoms with Gasteiger partial charge in [-0.15, -0.1) is 0 Å².